The molecule has 0 radical (unpaired) electrons. The van der Waals surface area contributed by atoms with E-state index in [0.717, 1.165) is 17.7 Å². The summed E-state index contributed by atoms with van der Waals surface area (Å²) in [6.07, 6.45) is 14.2. The summed E-state index contributed by atoms with van der Waals surface area (Å²) in [5.74, 6) is 0. The van der Waals surface area contributed by atoms with E-state index in [-0.39, 0.29) is 0 Å². The smallest absolute Gasteiger partial charge is 0.344 e. The van der Waals surface area contributed by atoms with Crippen molar-refractivity contribution in [2.45, 2.75) is 75.8 Å². The van der Waals surface area contributed by atoms with Gasteiger partial charge in [0.1, 0.15) is 0 Å². The third kappa shape index (κ3) is 3.50. The Kier molecular flexibility index (Phi) is 6.11. The fourth-order valence-electron chi connectivity index (χ4n) is 3.75. The maximum atomic E-state index is 6.42. The predicted molar refractivity (Wildman–Crippen MR) is 82.6 cm³/mol. The molecule has 2 aliphatic carbocycles. The van der Waals surface area contributed by atoms with Crippen LogP contribution in [0.3, 0.4) is 0 Å². The average molecular weight is 282 g/mol. The van der Waals surface area contributed by atoms with Gasteiger partial charge < -0.3 is 8.85 Å². The van der Waals surface area contributed by atoms with E-state index in [2.05, 4.69) is 13.5 Å². The maximum Gasteiger partial charge on any atom is 0.344 e. The van der Waals surface area contributed by atoms with Gasteiger partial charge in [-0.2, -0.15) is 0 Å². The third-order valence-corrected chi connectivity index (χ3v) is 9.68. The lowest BCUT2D eigenvalue weighted by Gasteiger charge is -2.46. The Morgan fingerprint density at radius 1 is 0.947 bits per heavy atom. The van der Waals surface area contributed by atoms with Gasteiger partial charge in [0.25, 0.3) is 0 Å². The quantitative estimate of drug-likeness (QED) is 0.374. The lowest BCUT2D eigenvalue weighted by molar-refractivity contribution is 0.151. The first-order chi connectivity index (χ1) is 9.33. The van der Waals surface area contributed by atoms with Crippen LogP contribution in [0.5, 0.6) is 0 Å². The third-order valence-electron chi connectivity index (χ3n) is 4.90. The van der Waals surface area contributed by atoms with Gasteiger partial charge in [-0.1, -0.05) is 38.2 Å². The van der Waals surface area contributed by atoms with E-state index in [1.54, 1.807) is 0 Å². The standard InChI is InChI=1S/C16H30O2Si/c1-3-14-18-19(17-4-2,16-12-9-13-16)15-10-7-5-6-8-11-15/h3,15-16H,1,4-14H2,2H3. The Hall–Kier alpha value is -0.123. The van der Waals surface area contributed by atoms with E-state index in [4.69, 9.17) is 8.85 Å². The van der Waals surface area contributed by atoms with Gasteiger partial charge in [-0.05, 0) is 32.6 Å². The average Bonchev–Trinajstić information content (AvgIpc) is 2.63. The summed E-state index contributed by atoms with van der Waals surface area (Å²) in [5, 5.41) is 0. The molecule has 0 aromatic carbocycles. The molecule has 0 heterocycles. The number of hydrogen-bond acceptors (Lipinski definition) is 2. The van der Waals surface area contributed by atoms with Gasteiger partial charge in [-0.3, -0.25) is 0 Å². The molecule has 3 heteroatoms. The molecule has 110 valence electrons. The van der Waals surface area contributed by atoms with Crippen LogP contribution in [0, 0.1) is 0 Å². The van der Waals surface area contributed by atoms with Gasteiger partial charge in [-0.25, -0.2) is 0 Å². The first kappa shape index (κ1) is 15.3. The van der Waals surface area contributed by atoms with Crippen LogP contribution in [-0.4, -0.2) is 21.8 Å². The fourth-order valence-corrected chi connectivity index (χ4v) is 8.70. The molecule has 2 rings (SSSR count). The van der Waals surface area contributed by atoms with E-state index in [1.807, 2.05) is 6.08 Å². The van der Waals surface area contributed by atoms with Crippen LogP contribution < -0.4 is 0 Å². The fraction of sp³-hybridized carbons (Fsp3) is 0.875. The predicted octanol–water partition coefficient (Wildman–Crippen LogP) is 4.95. The largest absolute Gasteiger partial charge is 0.394 e. The second-order valence-corrected chi connectivity index (χ2v) is 9.72. The molecular formula is C16H30O2Si. The van der Waals surface area contributed by atoms with Gasteiger partial charge in [0.2, 0.25) is 0 Å². The Morgan fingerprint density at radius 2 is 1.53 bits per heavy atom. The van der Waals surface area contributed by atoms with Gasteiger partial charge in [0.15, 0.2) is 0 Å². The van der Waals surface area contributed by atoms with Gasteiger partial charge in [0.05, 0.1) is 6.61 Å². The van der Waals surface area contributed by atoms with E-state index in [9.17, 15) is 0 Å². The number of hydrogen-bond donors (Lipinski definition) is 0. The molecule has 0 saturated heterocycles. The first-order valence-corrected chi connectivity index (χ1v) is 10.2. The van der Waals surface area contributed by atoms with Crippen LogP contribution in [0.15, 0.2) is 12.7 Å². The molecule has 0 amide bonds. The first-order valence-electron chi connectivity index (χ1n) is 8.22. The Bertz CT molecular complexity index is 270. The van der Waals surface area contributed by atoms with Crippen molar-refractivity contribution >= 4 is 8.56 Å². The summed E-state index contributed by atoms with van der Waals surface area (Å²) in [4.78, 5) is 0. The molecule has 1 unspecified atom stereocenters. The van der Waals surface area contributed by atoms with Crippen molar-refractivity contribution < 1.29 is 8.85 Å². The molecule has 2 saturated carbocycles. The van der Waals surface area contributed by atoms with Crippen molar-refractivity contribution in [3.05, 3.63) is 12.7 Å². The molecular weight excluding hydrogens is 252 g/mol. The maximum absolute atomic E-state index is 6.42. The summed E-state index contributed by atoms with van der Waals surface area (Å²) in [6, 6.07) is 0. The minimum Gasteiger partial charge on any atom is -0.394 e. The molecule has 2 aliphatic rings. The van der Waals surface area contributed by atoms with E-state index < -0.39 is 8.56 Å². The van der Waals surface area contributed by atoms with Crippen LogP contribution in [-0.2, 0) is 8.85 Å². The molecule has 1 atom stereocenters. The van der Waals surface area contributed by atoms with Crippen molar-refractivity contribution in [3.63, 3.8) is 0 Å². The minimum absolute atomic E-state index is 0.680. The van der Waals surface area contributed by atoms with Crippen LogP contribution in [0.4, 0.5) is 0 Å². The van der Waals surface area contributed by atoms with Crippen molar-refractivity contribution in [2.75, 3.05) is 13.2 Å². The molecule has 0 aliphatic heterocycles. The summed E-state index contributed by atoms with van der Waals surface area (Å²) in [5.41, 5.74) is 1.47. The Morgan fingerprint density at radius 3 is 1.95 bits per heavy atom. The molecule has 0 aromatic rings. The lowest BCUT2D eigenvalue weighted by atomic mass is 10.00. The highest BCUT2D eigenvalue weighted by atomic mass is 28.4. The zero-order chi connectivity index (χ0) is 13.6. The van der Waals surface area contributed by atoms with E-state index in [0.29, 0.717) is 6.61 Å². The van der Waals surface area contributed by atoms with Gasteiger partial charge in [0, 0.05) is 17.7 Å². The highest BCUT2D eigenvalue weighted by Crippen LogP contribution is 2.51. The van der Waals surface area contributed by atoms with Crippen LogP contribution in [0.2, 0.25) is 11.1 Å². The zero-order valence-corrected chi connectivity index (χ0v) is 13.5. The Balaban J connectivity index is 2.14. The van der Waals surface area contributed by atoms with Crippen LogP contribution in [0.1, 0.15) is 64.7 Å². The van der Waals surface area contributed by atoms with Gasteiger partial charge >= 0.3 is 8.56 Å². The lowest BCUT2D eigenvalue weighted by Crippen LogP contribution is -2.53. The monoisotopic (exact) mass is 282 g/mol. The Labute approximate surface area is 119 Å². The minimum atomic E-state index is -2.04. The van der Waals surface area contributed by atoms with Crippen molar-refractivity contribution in [1.82, 2.24) is 0 Å². The van der Waals surface area contributed by atoms with E-state index >= 15 is 0 Å². The molecule has 0 spiro atoms. The van der Waals surface area contributed by atoms with Crippen LogP contribution in [0.25, 0.3) is 0 Å². The molecule has 2 nitrogen and oxygen atoms in total. The SMILES string of the molecule is C=CCO[Si](OCC)(C1CCCCCC1)C1CCC1. The van der Waals surface area contributed by atoms with Crippen molar-refractivity contribution in [2.24, 2.45) is 0 Å². The molecule has 0 N–H and O–H groups in total. The summed E-state index contributed by atoms with van der Waals surface area (Å²) in [7, 11) is -2.04. The molecule has 2 fully saturated rings. The second kappa shape index (κ2) is 7.60. The summed E-state index contributed by atoms with van der Waals surface area (Å²) in [6.45, 7) is 7.46. The van der Waals surface area contributed by atoms with Crippen molar-refractivity contribution in [1.29, 1.82) is 0 Å². The molecule has 0 bridgehead atoms. The molecule has 0 aromatic heterocycles. The second-order valence-electron chi connectivity index (χ2n) is 6.07. The summed E-state index contributed by atoms with van der Waals surface area (Å²) < 4.78 is 12.8. The number of rotatable bonds is 7. The zero-order valence-electron chi connectivity index (χ0n) is 12.5. The normalized spacial score (nSPS) is 25.3. The van der Waals surface area contributed by atoms with Gasteiger partial charge in [-0.15, -0.1) is 6.58 Å². The highest BCUT2D eigenvalue weighted by Gasteiger charge is 2.53. The topological polar surface area (TPSA) is 18.5 Å². The highest BCUT2D eigenvalue weighted by molar-refractivity contribution is 6.70. The van der Waals surface area contributed by atoms with Crippen molar-refractivity contribution in [3.8, 4) is 0 Å². The summed E-state index contributed by atoms with van der Waals surface area (Å²) >= 11 is 0. The van der Waals surface area contributed by atoms with E-state index in [1.165, 1.54) is 57.8 Å². The van der Waals surface area contributed by atoms with Crippen LogP contribution >= 0.6 is 0 Å². The molecule has 19 heavy (non-hydrogen) atoms.